The summed E-state index contributed by atoms with van der Waals surface area (Å²) in [5.74, 6) is 0. The minimum atomic E-state index is -0.549. The zero-order valence-corrected chi connectivity index (χ0v) is 10.6. The maximum Gasteiger partial charge on any atom is 0.427 e. The van der Waals surface area contributed by atoms with Crippen LogP contribution in [0.1, 0.15) is 25.8 Å². The van der Waals surface area contributed by atoms with Crippen molar-refractivity contribution in [1.29, 1.82) is 0 Å². The summed E-state index contributed by atoms with van der Waals surface area (Å²) in [6.45, 7) is 4.02. The van der Waals surface area contributed by atoms with Gasteiger partial charge in [-0.25, -0.2) is 10.2 Å². The minimum Gasteiger partial charge on any atom is -0.449 e. The zero-order chi connectivity index (χ0) is 12.7. The maximum atomic E-state index is 11.1. The number of nitrogens with one attached hydrogen (secondary N) is 1. The standard InChI is InChI=1S/C12H15ClN2O2/c1-3-11(14-15-12(16)17-4-2)9-5-7-10(13)8-6-9/h5-8H,3-4H2,1-2H3,(H,15,16)/b14-11-. The first-order valence-corrected chi connectivity index (χ1v) is 5.80. The largest absolute Gasteiger partial charge is 0.449 e. The van der Waals surface area contributed by atoms with Crippen LogP contribution in [0.2, 0.25) is 5.02 Å². The van der Waals surface area contributed by atoms with Gasteiger partial charge in [-0.2, -0.15) is 5.10 Å². The highest BCUT2D eigenvalue weighted by Crippen LogP contribution is 2.11. The average molecular weight is 255 g/mol. The van der Waals surface area contributed by atoms with Crippen LogP contribution in [0.4, 0.5) is 4.79 Å². The van der Waals surface area contributed by atoms with Gasteiger partial charge in [0.2, 0.25) is 0 Å². The second kappa shape index (κ2) is 6.91. The molecule has 0 aromatic heterocycles. The van der Waals surface area contributed by atoms with Crippen molar-refractivity contribution >= 4 is 23.4 Å². The molecule has 0 saturated heterocycles. The number of carbonyl (C=O) groups excluding carboxylic acids is 1. The summed E-state index contributed by atoms with van der Waals surface area (Å²) in [7, 11) is 0. The van der Waals surface area contributed by atoms with Crippen molar-refractivity contribution in [2.45, 2.75) is 20.3 Å². The van der Waals surface area contributed by atoms with Gasteiger partial charge in [-0.3, -0.25) is 0 Å². The SMILES string of the molecule is CCOC(=O)N/N=C(/CC)c1ccc(Cl)cc1. The van der Waals surface area contributed by atoms with Crippen LogP contribution < -0.4 is 5.43 Å². The quantitative estimate of drug-likeness (QED) is 0.663. The highest BCUT2D eigenvalue weighted by atomic mass is 35.5. The third-order valence-corrected chi connectivity index (χ3v) is 2.32. The van der Waals surface area contributed by atoms with Gasteiger partial charge in [-0.1, -0.05) is 30.7 Å². The fourth-order valence-corrected chi connectivity index (χ4v) is 1.39. The molecule has 17 heavy (non-hydrogen) atoms. The van der Waals surface area contributed by atoms with E-state index in [0.717, 1.165) is 11.3 Å². The Labute approximate surface area is 106 Å². The van der Waals surface area contributed by atoms with E-state index < -0.39 is 6.09 Å². The van der Waals surface area contributed by atoms with E-state index in [1.807, 2.05) is 19.1 Å². The minimum absolute atomic E-state index is 0.323. The van der Waals surface area contributed by atoms with Crippen LogP contribution in [-0.4, -0.2) is 18.4 Å². The van der Waals surface area contributed by atoms with Crippen LogP contribution in [0.5, 0.6) is 0 Å². The second-order valence-corrected chi connectivity index (χ2v) is 3.69. The molecule has 1 aromatic carbocycles. The summed E-state index contributed by atoms with van der Waals surface area (Å²) in [4.78, 5) is 11.1. The van der Waals surface area contributed by atoms with Crippen LogP contribution in [0, 0.1) is 0 Å². The first-order valence-electron chi connectivity index (χ1n) is 5.42. The Kier molecular flexibility index (Phi) is 5.49. The van der Waals surface area contributed by atoms with Gasteiger partial charge in [-0.05, 0) is 31.0 Å². The number of hydrogen-bond acceptors (Lipinski definition) is 3. The van der Waals surface area contributed by atoms with Crippen molar-refractivity contribution in [2.24, 2.45) is 5.10 Å². The van der Waals surface area contributed by atoms with Crippen LogP contribution >= 0.6 is 11.6 Å². The Balaban J connectivity index is 2.73. The number of carbonyl (C=O) groups is 1. The Hall–Kier alpha value is -1.55. The van der Waals surface area contributed by atoms with Gasteiger partial charge < -0.3 is 4.74 Å². The maximum absolute atomic E-state index is 11.1. The molecule has 0 bridgehead atoms. The van der Waals surface area contributed by atoms with E-state index >= 15 is 0 Å². The van der Waals surface area contributed by atoms with E-state index in [1.165, 1.54) is 0 Å². The predicted octanol–water partition coefficient (Wildman–Crippen LogP) is 3.20. The summed E-state index contributed by atoms with van der Waals surface area (Å²) in [5, 5.41) is 4.68. The molecule has 0 spiro atoms. The van der Waals surface area contributed by atoms with Gasteiger partial charge in [0.05, 0.1) is 12.3 Å². The first kappa shape index (κ1) is 13.5. The van der Waals surface area contributed by atoms with E-state index in [1.54, 1.807) is 19.1 Å². The van der Waals surface area contributed by atoms with E-state index in [0.29, 0.717) is 18.1 Å². The van der Waals surface area contributed by atoms with E-state index in [9.17, 15) is 4.79 Å². The van der Waals surface area contributed by atoms with Gasteiger partial charge in [0.25, 0.3) is 0 Å². The summed E-state index contributed by atoms with van der Waals surface area (Å²) < 4.78 is 4.71. The number of amides is 1. The van der Waals surface area contributed by atoms with Crippen LogP contribution in [0.15, 0.2) is 29.4 Å². The lowest BCUT2D eigenvalue weighted by Crippen LogP contribution is -2.20. The van der Waals surface area contributed by atoms with E-state index in [-0.39, 0.29) is 0 Å². The molecule has 0 saturated carbocycles. The monoisotopic (exact) mass is 254 g/mol. The molecule has 5 heteroatoms. The number of halogens is 1. The van der Waals surface area contributed by atoms with Gasteiger partial charge in [0.1, 0.15) is 0 Å². The zero-order valence-electron chi connectivity index (χ0n) is 9.87. The molecule has 92 valence electrons. The number of ether oxygens (including phenoxy) is 1. The summed E-state index contributed by atoms with van der Waals surface area (Å²) in [5.41, 5.74) is 4.04. The Bertz CT molecular complexity index is 401. The molecule has 0 heterocycles. The van der Waals surface area contributed by atoms with Gasteiger partial charge >= 0.3 is 6.09 Å². The number of nitrogens with zero attached hydrogens (tertiary/aromatic N) is 1. The molecule has 4 nitrogen and oxygen atoms in total. The summed E-state index contributed by atoms with van der Waals surface area (Å²) in [6, 6.07) is 7.29. The number of benzene rings is 1. The third-order valence-electron chi connectivity index (χ3n) is 2.07. The normalized spacial score (nSPS) is 11.1. The Morgan fingerprint density at radius 3 is 2.53 bits per heavy atom. The van der Waals surface area contributed by atoms with E-state index in [4.69, 9.17) is 16.3 Å². The van der Waals surface area contributed by atoms with Crippen molar-refractivity contribution in [3.05, 3.63) is 34.9 Å². The molecule has 1 N–H and O–H groups in total. The van der Waals surface area contributed by atoms with Crippen molar-refractivity contribution in [2.75, 3.05) is 6.61 Å². The molecule has 0 aliphatic rings. The lowest BCUT2D eigenvalue weighted by molar-refractivity contribution is 0.152. The highest BCUT2D eigenvalue weighted by molar-refractivity contribution is 6.30. The number of hydrazone groups is 1. The van der Waals surface area contributed by atoms with Crippen molar-refractivity contribution in [1.82, 2.24) is 5.43 Å². The molecule has 0 aliphatic carbocycles. The topological polar surface area (TPSA) is 50.7 Å². The van der Waals surface area contributed by atoms with Gasteiger partial charge in [0, 0.05) is 5.02 Å². The molecule has 0 radical (unpaired) electrons. The first-order chi connectivity index (χ1) is 8.17. The number of rotatable bonds is 4. The van der Waals surface area contributed by atoms with Crippen molar-refractivity contribution in [3.63, 3.8) is 0 Å². The highest BCUT2D eigenvalue weighted by Gasteiger charge is 2.03. The molecule has 0 aliphatic heterocycles. The molecule has 0 fully saturated rings. The van der Waals surface area contributed by atoms with Crippen LogP contribution in [-0.2, 0) is 4.74 Å². The molecule has 1 aromatic rings. The smallest absolute Gasteiger partial charge is 0.427 e. The lowest BCUT2D eigenvalue weighted by Gasteiger charge is -2.05. The fourth-order valence-electron chi connectivity index (χ4n) is 1.27. The van der Waals surface area contributed by atoms with Crippen molar-refractivity contribution in [3.8, 4) is 0 Å². The molecular weight excluding hydrogens is 240 g/mol. The molecule has 1 amide bonds. The summed E-state index contributed by atoms with van der Waals surface area (Å²) >= 11 is 5.80. The third kappa shape index (κ3) is 4.44. The lowest BCUT2D eigenvalue weighted by atomic mass is 10.1. The molecule has 0 unspecified atom stereocenters. The molecule has 1 rings (SSSR count). The van der Waals surface area contributed by atoms with Crippen LogP contribution in [0.25, 0.3) is 0 Å². The van der Waals surface area contributed by atoms with Crippen LogP contribution in [0.3, 0.4) is 0 Å². The average Bonchev–Trinajstić information content (AvgIpc) is 2.32. The Morgan fingerprint density at radius 1 is 1.35 bits per heavy atom. The second-order valence-electron chi connectivity index (χ2n) is 3.25. The Morgan fingerprint density at radius 2 is 2.00 bits per heavy atom. The molecular formula is C12H15ClN2O2. The number of hydrogen-bond donors (Lipinski definition) is 1. The predicted molar refractivity (Wildman–Crippen MR) is 68.4 cm³/mol. The van der Waals surface area contributed by atoms with Gasteiger partial charge in [-0.15, -0.1) is 0 Å². The van der Waals surface area contributed by atoms with Gasteiger partial charge in [0.15, 0.2) is 0 Å². The fraction of sp³-hybridized carbons (Fsp3) is 0.333. The summed E-state index contributed by atoms with van der Waals surface area (Å²) in [6.07, 6.45) is 0.154. The van der Waals surface area contributed by atoms with Crippen molar-refractivity contribution < 1.29 is 9.53 Å². The van der Waals surface area contributed by atoms with E-state index in [2.05, 4.69) is 10.5 Å². The molecule has 0 atom stereocenters.